The van der Waals surface area contributed by atoms with Crippen LogP contribution in [0.15, 0.2) is 48.5 Å². The van der Waals surface area contributed by atoms with Gasteiger partial charge in [0.15, 0.2) is 4.77 Å². The SMILES string of the molecule is S=c1[nH]c2cc(I)ccc2n1CCCOc1ccccc1. The van der Waals surface area contributed by atoms with E-state index in [0.29, 0.717) is 6.61 Å². The Labute approximate surface area is 142 Å². The lowest BCUT2D eigenvalue weighted by atomic mass is 10.3. The first kappa shape index (κ1) is 14.6. The van der Waals surface area contributed by atoms with Gasteiger partial charge in [-0.15, -0.1) is 0 Å². The van der Waals surface area contributed by atoms with Gasteiger partial charge in [0.05, 0.1) is 17.6 Å². The fraction of sp³-hybridized carbons (Fsp3) is 0.188. The topological polar surface area (TPSA) is 29.9 Å². The molecule has 3 aromatic rings. The maximum absolute atomic E-state index is 5.72. The zero-order valence-electron chi connectivity index (χ0n) is 11.4. The van der Waals surface area contributed by atoms with Gasteiger partial charge in [0.25, 0.3) is 0 Å². The van der Waals surface area contributed by atoms with Crippen molar-refractivity contribution in [1.29, 1.82) is 0 Å². The molecule has 5 heteroatoms. The average molecular weight is 410 g/mol. The van der Waals surface area contributed by atoms with Gasteiger partial charge in [-0.1, -0.05) is 18.2 Å². The van der Waals surface area contributed by atoms with Crippen LogP contribution in [0.5, 0.6) is 5.75 Å². The van der Waals surface area contributed by atoms with E-state index in [1.807, 2.05) is 30.3 Å². The van der Waals surface area contributed by atoms with E-state index in [1.165, 1.54) is 3.57 Å². The molecule has 0 saturated heterocycles. The maximum atomic E-state index is 5.72. The molecule has 0 aliphatic heterocycles. The Hall–Kier alpha value is -1.34. The number of aromatic nitrogens is 2. The Morgan fingerprint density at radius 1 is 1.14 bits per heavy atom. The summed E-state index contributed by atoms with van der Waals surface area (Å²) in [5.41, 5.74) is 2.25. The Morgan fingerprint density at radius 3 is 2.76 bits per heavy atom. The number of halogens is 1. The van der Waals surface area contributed by atoms with Crippen LogP contribution in [0.2, 0.25) is 0 Å². The molecule has 0 unspecified atom stereocenters. The molecule has 0 saturated carbocycles. The fourth-order valence-electron chi connectivity index (χ4n) is 2.29. The molecule has 0 atom stereocenters. The van der Waals surface area contributed by atoms with E-state index >= 15 is 0 Å². The van der Waals surface area contributed by atoms with E-state index in [0.717, 1.165) is 34.5 Å². The monoisotopic (exact) mass is 410 g/mol. The largest absolute Gasteiger partial charge is 0.494 e. The molecule has 0 aliphatic carbocycles. The molecule has 3 rings (SSSR count). The molecule has 1 N–H and O–H groups in total. The van der Waals surface area contributed by atoms with Gasteiger partial charge in [0, 0.05) is 10.1 Å². The van der Waals surface area contributed by atoms with E-state index < -0.39 is 0 Å². The first-order valence-corrected chi connectivity index (χ1v) is 8.29. The molecule has 3 nitrogen and oxygen atoms in total. The summed E-state index contributed by atoms with van der Waals surface area (Å²) in [4.78, 5) is 3.26. The summed E-state index contributed by atoms with van der Waals surface area (Å²) in [5.74, 6) is 0.912. The molecule has 1 aromatic heterocycles. The van der Waals surface area contributed by atoms with E-state index in [1.54, 1.807) is 0 Å². The van der Waals surface area contributed by atoms with Gasteiger partial charge in [-0.05, 0) is 71.6 Å². The zero-order chi connectivity index (χ0) is 14.7. The summed E-state index contributed by atoms with van der Waals surface area (Å²) in [6, 6.07) is 16.2. The summed E-state index contributed by atoms with van der Waals surface area (Å²) in [7, 11) is 0. The lowest BCUT2D eigenvalue weighted by Gasteiger charge is -2.07. The quantitative estimate of drug-likeness (QED) is 0.373. The third-order valence-corrected chi connectivity index (χ3v) is 4.27. The van der Waals surface area contributed by atoms with E-state index in [9.17, 15) is 0 Å². The molecule has 0 aliphatic rings. The van der Waals surface area contributed by atoms with Crippen LogP contribution in [-0.2, 0) is 6.54 Å². The predicted octanol–water partition coefficient (Wildman–Crippen LogP) is 4.77. The molecule has 108 valence electrons. The highest BCUT2D eigenvalue weighted by Gasteiger charge is 2.04. The zero-order valence-corrected chi connectivity index (χ0v) is 14.4. The van der Waals surface area contributed by atoms with Crippen molar-refractivity contribution in [1.82, 2.24) is 9.55 Å². The van der Waals surface area contributed by atoms with Crippen molar-refractivity contribution in [2.75, 3.05) is 6.61 Å². The standard InChI is InChI=1S/C16H15IN2OS/c17-12-7-8-15-14(11-12)18-16(21)19(15)9-4-10-20-13-5-2-1-3-6-13/h1-3,5-8,11H,4,9-10H2,(H,18,21). The lowest BCUT2D eigenvalue weighted by Crippen LogP contribution is -2.04. The molecular formula is C16H15IN2OS. The van der Waals surface area contributed by atoms with E-state index in [4.69, 9.17) is 17.0 Å². The minimum atomic E-state index is 0.683. The Morgan fingerprint density at radius 2 is 1.95 bits per heavy atom. The second-order valence-corrected chi connectivity index (χ2v) is 6.39. The van der Waals surface area contributed by atoms with Crippen LogP contribution in [0.3, 0.4) is 0 Å². The smallest absolute Gasteiger partial charge is 0.178 e. The normalized spacial score (nSPS) is 10.9. The highest BCUT2D eigenvalue weighted by Crippen LogP contribution is 2.18. The molecule has 0 bridgehead atoms. The number of fused-ring (bicyclic) bond motifs is 1. The maximum Gasteiger partial charge on any atom is 0.178 e. The third-order valence-electron chi connectivity index (χ3n) is 3.27. The number of nitrogens with one attached hydrogen (secondary N) is 1. The molecule has 0 fully saturated rings. The average Bonchev–Trinajstić information content (AvgIpc) is 2.79. The van der Waals surface area contributed by atoms with E-state index in [-0.39, 0.29) is 0 Å². The minimum Gasteiger partial charge on any atom is -0.494 e. The van der Waals surface area contributed by atoms with Gasteiger partial charge in [-0.3, -0.25) is 0 Å². The third kappa shape index (κ3) is 3.47. The Balaban J connectivity index is 1.66. The molecule has 0 spiro atoms. The number of aromatic amines is 1. The van der Waals surface area contributed by atoms with Crippen molar-refractivity contribution < 1.29 is 4.74 Å². The van der Waals surface area contributed by atoms with Gasteiger partial charge < -0.3 is 14.3 Å². The number of hydrogen-bond donors (Lipinski definition) is 1. The number of hydrogen-bond acceptors (Lipinski definition) is 2. The number of benzene rings is 2. The van der Waals surface area contributed by atoms with Crippen molar-refractivity contribution in [3.63, 3.8) is 0 Å². The van der Waals surface area contributed by atoms with Crippen molar-refractivity contribution in [3.05, 3.63) is 56.9 Å². The highest BCUT2D eigenvalue weighted by molar-refractivity contribution is 14.1. The van der Waals surface area contributed by atoms with Crippen molar-refractivity contribution in [3.8, 4) is 5.75 Å². The van der Waals surface area contributed by atoms with Crippen LogP contribution in [0, 0.1) is 8.34 Å². The first-order valence-electron chi connectivity index (χ1n) is 6.80. The second kappa shape index (κ2) is 6.62. The van der Waals surface area contributed by atoms with Gasteiger partial charge in [-0.2, -0.15) is 0 Å². The number of nitrogens with zero attached hydrogens (tertiary/aromatic N) is 1. The van der Waals surface area contributed by atoms with Crippen molar-refractivity contribution in [2.45, 2.75) is 13.0 Å². The predicted molar refractivity (Wildman–Crippen MR) is 96.4 cm³/mol. The molecule has 21 heavy (non-hydrogen) atoms. The molecule has 0 radical (unpaired) electrons. The van der Waals surface area contributed by atoms with Crippen molar-refractivity contribution >= 4 is 45.8 Å². The van der Waals surface area contributed by atoms with Crippen molar-refractivity contribution in [2.24, 2.45) is 0 Å². The van der Waals surface area contributed by atoms with Gasteiger partial charge in [-0.25, -0.2) is 0 Å². The van der Waals surface area contributed by atoms with Crippen LogP contribution in [0.1, 0.15) is 6.42 Å². The highest BCUT2D eigenvalue weighted by atomic mass is 127. The number of aryl methyl sites for hydroxylation is 1. The van der Waals surface area contributed by atoms with Crippen LogP contribution in [-0.4, -0.2) is 16.2 Å². The number of rotatable bonds is 5. The molecule has 0 amide bonds. The van der Waals surface area contributed by atoms with Gasteiger partial charge in [0.1, 0.15) is 5.75 Å². The number of para-hydroxylation sites is 1. The number of H-pyrrole nitrogens is 1. The van der Waals surface area contributed by atoms with Crippen LogP contribution in [0.4, 0.5) is 0 Å². The van der Waals surface area contributed by atoms with Crippen LogP contribution < -0.4 is 4.74 Å². The summed E-state index contributed by atoms with van der Waals surface area (Å²) < 4.78 is 9.83. The first-order chi connectivity index (χ1) is 10.2. The molecule has 2 aromatic carbocycles. The summed E-state index contributed by atoms with van der Waals surface area (Å²) in [5, 5.41) is 0. The summed E-state index contributed by atoms with van der Waals surface area (Å²) >= 11 is 7.71. The molecule has 1 heterocycles. The molecular weight excluding hydrogens is 395 g/mol. The van der Waals surface area contributed by atoms with Gasteiger partial charge in [0.2, 0.25) is 0 Å². The second-order valence-electron chi connectivity index (χ2n) is 4.76. The number of imidazole rings is 1. The number of ether oxygens (including phenoxy) is 1. The van der Waals surface area contributed by atoms with Crippen LogP contribution in [0.25, 0.3) is 11.0 Å². The van der Waals surface area contributed by atoms with Gasteiger partial charge >= 0.3 is 0 Å². The Bertz CT molecular complexity index is 795. The lowest BCUT2D eigenvalue weighted by molar-refractivity contribution is 0.302. The summed E-state index contributed by atoms with van der Waals surface area (Å²) in [6.07, 6.45) is 0.919. The van der Waals surface area contributed by atoms with E-state index in [2.05, 4.69) is 50.3 Å². The minimum absolute atomic E-state index is 0.683. The Kier molecular flexibility index (Phi) is 4.60. The van der Waals surface area contributed by atoms with Crippen LogP contribution >= 0.6 is 34.8 Å². The summed E-state index contributed by atoms with van der Waals surface area (Å²) in [6.45, 7) is 1.54. The fourth-order valence-corrected chi connectivity index (χ4v) is 3.08.